The summed E-state index contributed by atoms with van der Waals surface area (Å²) >= 11 is 1.63. The summed E-state index contributed by atoms with van der Waals surface area (Å²) in [4.78, 5) is 21.0. The molecule has 5 nitrogen and oxygen atoms in total. The third-order valence-corrected chi connectivity index (χ3v) is 4.52. The van der Waals surface area contributed by atoms with Crippen molar-refractivity contribution in [1.29, 1.82) is 0 Å². The zero-order chi connectivity index (χ0) is 13.2. The second-order valence-electron chi connectivity index (χ2n) is 5.05. The van der Waals surface area contributed by atoms with Crippen LogP contribution in [-0.4, -0.2) is 53.7 Å². The van der Waals surface area contributed by atoms with Crippen LogP contribution in [0.15, 0.2) is 5.38 Å². The molecule has 0 aliphatic carbocycles. The summed E-state index contributed by atoms with van der Waals surface area (Å²) in [6, 6.07) is 0.128. The van der Waals surface area contributed by atoms with E-state index in [9.17, 15) is 4.79 Å². The molecule has 19 heavy (non-hydrogen) atoms. The van der Waals surface area contributed by atoms with Crippen LogP contribution in [0.1, 0.15) is 29.6 Å². The molecule has 1 aromatic heterocycles. The fraction of sp³-hybridized carbons (Fsp3) is 0.692. The van der Waals surface area contributed by atoms with Gasteiger partial charge < -0.3 is 14.5 Å². The van der Waals surface area contributed by atoms with E-state index in [2.05, 4.69) is 4.98 Å². The average molecular weight is 281 g/mol. The molecule has 3 rings (SSSR count). The Kier molecular flexibility index (Phi) is 3.70. The molecular weight excluding hydrogens is 262 g/mol. The van der Waals surface area contributed by atoms with Gasteiger partial charge in [-0.05, 0) is 19.8 Å². The first-order valence-corrected chi connectivity index (χ1v) is 7.69. The maximum absolute atomic E-state index is 12.6. The fourth-order valence-electron chi connectivity index (χ4n) is 2.70. The number of hydrogen-bond acceptors (Lipinski definition) is 4. The number of carbonyl (C=O) groups excluding carboxylic acids is 1. The van der Waals surface area contributed by atoms with Crippen molar-refractivity contribution >= 4 is 17.4 Å². The highest BCUT2D eigenvalue weighted by Gasteiger charge is 2.33. The van der Waals surface area contributed by atoms with Crippen LogP contribution in [-0.2, 0) is 4.74 Å². The predicted molar refractivity (Wildman–Crippen MR) is 73.3 cm³/mol. The molecule has 0 N–H and O–H groups in total. The van der Waals surface area contributed by atoms with E-state index in [4.69, 9.17) is 4.74 Å². The zero-order valence-electron chi connectivity index (χ0n) is 11.2. The quantitative estimate of drug-likeness (QED) is 0.791. The number of rotatable bonds is 1. The molecule has 0 saturated carbocycles. The Balaban J connectivity index is 1.78. The Hall–Kier alpha value is -1.14. The van der Waals surface area contributed by atoms with Gasteiger partial charge in [0.05, 0.1) is 23.9 Å². The lowest BCUT2D eigenvalue weighted by atomic mass is 10.2. The Labute approximate surface area is 117 Å². The first kappa shape index (κ1) is 12.9. The second kappa shape index (κ2) is 5.46. The van der Waals surface area contributed by atoms with Gasteiger partial charge in [0.2, 0.25) is 0 Å². The van der Waals surface area contributed by atoms with Crippen molar-refractivity contribution in [1.82, 2.24) is 14.8 Å². The molecule has 1 atom stereocenters. The highest BCUT2D eigenvalue weighted by Crippen LogP contribution is 2.27. The topological polar surface area (TPSA) is 45.7 Å². The number of thiazole rings is 1. The van der Waals surface area contributed by atoms with Crippen molar-refractivity contribution in [3.8, 4) is 0 Å². The minimum absolute atomic E-state index is 0.0215. The molecular formula is C13H19N3O2S. The molecule has 0 unspecified atom stereocenters. The van der Waals surface area contributed by atoms with E-state index in [1.165, 1.54) is 0 Å². The molecule has 2 aliphatic rings. The molecule has 6 heteroatoms. The lowest BCUT2D eigenvalue weighted by molar-refractivity contribution is 0.00329. The summed E-state index contributed by atoms with van der Waals surface area (Å²) in [6.45, 7) is 5.61. The molecule has 3 heterocycles. The average Bonchev–Trinajstić information content (AvgIpc) is 3.09. The molecule has 2 saturated heterocycles. The molecule has 0 spiro atoms. The molecule has 104 valence electrons. The molecule has 2 fully saturated rings. The number of aryl methyl sites for hydroxylation is 1. The van der Waals surface area contributed by atoms with Gasteiger partial charge in [-0.15, -0.1) is 11.3 Å². The van der Waals surface area contributed by atoms with Crippen molar-refractivity contribution in [3.63, 3.8) is 0 Å². The third-order valence-electron chi connectivity index (χ3n) is 3.73. The maximum atomic E-state index is 12.6. The van der Waals surface area contributed by atoms with Crippen molar-refractivity contribution in [2.75, 3.05) is 32.8 Å². The Bertz CT molecular complexity index is 456. The standard InChI is InChI=1S/C13H19N3O2S/c1-10-14-11(9-19-10)12-8-18-7-6-16(12)13(17)15-4-2-3-5-15/h9,12H,2-8H2,1H3/t12-/m1/s1. The number of morpholine rings is 1. The number of carbonyl (C=O) groups is 1. The van der Waals surface area contributed by atoms with Gasteiger partial charge in [0.25, 0.3) is 0 Å². The molecule has 1 aromatic rings. The monoisotopic (exact) mass is 281 g/mol. The van der Waals surface area contributed by atoms with Gasteiger partial charge in [0.1, 0.15) is 6.04 Å². The van der Waals surface area contributed by atoms with Crippen LogP contribution in [0.25, 0.3) is 0 Å². The van der Waals surface area contributed by atoms with Crippen LogP contribution in [0.2, 0.25) is 0 Å². The summed E-state index contributed by atoms with van der Waals surface area (Å²) in [5, 5.41) is 3.08. The number of amides is 2. The number of urea groups is 1. The van der Waals surface area contributed by atoms with Gasteiger partial charge in [-0.3, -0.25) is 0 Å². The van der Waals surface area contributed by atoms with E-state index in [1.54, 1.807) is 11.3 Å². The molecule has 0 aromatic carbocycles. The minimum Gasteiger partial charge on any atom is -0.377 e. The predicted octanol–water partition coefficient (Wildman–Crippen LogP) is 2.04. The first-order chi connectivity index (χ1) is 9.25. The van der Waals surface area contributed by atoms with Gasteiger partial charge in [-0.1, -0.05) is 0 Å². The van der Waals surface area contributed by atoms with Gasteiger partial charge >= 0.3 is 6.03 Å². The number of hydrogen-bond donors (Lipinski definition) is 0. The Morgan fingerprint density at radius 3 is 2.89 bits per heavy atom. The molecule has 2 amide bonds. The van der Waals surface area contributed by atoms with E-state index in [-0.39, 0.29) is 12.1 Å². The van der Waals surface area contributed by atoms with Crippen molar-refractivity contribution in [2.45, 2.75) is 25.8 Å². The summed E-state index contributed by atoms with van der Waals surface area (Å²) in [6.07, 6.45) is 2.24. The lowest BCUT2D eigenvalue weighted by Crippen LogP contribution is -2.49. The molecule has 0 bridgehead atoms. The van der Waals surface area contributed by atoms with Crippen molar-refractivity contribution < 1.29 is 9.53 Å². The highest BCUT2D eigenvalue weighted by molar-refractivity contribution is 7.09. The smallest absolute Gasteiger partial charge is 0.320 e. The van der Waals surface area contributed by atoms with Crippen LogP contribution in [0.5, 0.6) is 0 Å². The van der Waals surface area contributed by atoms with Crippen molar-refractivity contribution in [3.05, 3.63) is 16.1 Å². The summed E-state index contributed by atoms with van der Waals surface area (Å²) in [5.41, 5.74) is 0.967. The Morgan fingerprint density at radius 1 is 1.42 bits per heavy atom. The van der Waals surface area contributed by atoms with Crippen molar-refractivity contribution in [2.24, 2.45) is 0 Å². The van der Waals surface area contributed by atoms with E-state index in [0.29, 0.717) is 19.8 Å². The van der Waals surface area contributed by atoms with Crippen LogP contribution < -0.4 is 0 Å². The van der Waals surface area contributed by atoms with E-state index in [1.807, 2.05) is 22.1 Å². The third kappa shape index (κ3) is 2.60. The van der Waals surface area contributed by atoms with E-state index < -0.39 is 0 Å². The number of nitrogens with zero attached hydrogens (tertiary/aromatic N) is 3. The zero-order valence-corrected chi connectivity index (χ0v) is 12.0. The van der Waals surface area contributed by atoms with Gasteiger partial charge in [0.15, 0.2) is 0 Å². The molecule has 2 aliphatic heterocycles. The lowest BCUT2D eigenvalue weighted by Gasteiger charge is -2.37. The normalized spacial score (nSPS) is 23.9. The molecule has 0 radical (unpaired) electrons. The first-order valence-electron chi connectivity index (χ1n) is 6.81. The SMILES string of the molecule is Cc1nc([C@H]2COCCN2C(=O)N2CCCC2)cs1. The summed E-state index contributed by atoms with van der Waals surface area (Å²) in [5.74, 6) is 0. The van der Waals surface area contributed by atoms with Gasteiger partial charge in [-0.2, -0.15) is 0 Å². The number of likely N-dealkylation sites (tertiary alicyclic amines) is 1. The van der Waals surface area contributed by atoms with Crippen LogP contribution in [0, 0.1) is 6.92 Å². The fourth-order valence-corrected chi connectivity index (χ4v) is 3.36. The number of aromatic nitrogens is 1. The van der Waals surface area contributed by atoms with Crippen LogP contribution >= 0.6 is 11.3 Å². The van der Waals surface area contributed by atoms with E-state index in [0.717, 1.165) is 36.6 Å². The largest absolute Gasteiger partial charge is 0.377 e. The number of ether oxygens (including phenoxy) is 1. The summed E-state index contributed by atoms with van der Waals surface area (Å²) in [7, 11) is 0. The maximum Gasteiger partial charge on any atom is 0.320 e. The summed E-state index contributed by atoms with van der Waals surface area (Å²) < 4.78 is 5.54. The van der Waals surface area contributed by atoms with E-state index >= 15 is 0 Å². The van der Waals surface area contributed by atoms with Gasteiger partial charge in [-0.25, -0.2) is 9.78 Å². The highest BCUT2D eigenvalue weighted by atomic mass is 32.1. The van der Waals surface area contributed by atoms with Crippen LogP contribution in [0.4, 0.5) is 4.79 Å². The minimum atomic E-state index is -0.0215. The second-order valence-corrected chi connectivity index (χ2v) is 6.11. The van der Waals surface area contributed by atoms with Crippen LogP contribution in [0.3, 0.4) is 0 Å². The Morgan fingerprint density at radius 2 is 2.21 bits per heavy atom. The van der Waals surface area contributed by atoms with Gasteiger partial charge in [0, 0.05) is 25.0 Å².